The first-order valence-electron chi connectivity index (χ1n) is 10.7. The molecule has 4 N–H and O–H groups in total. The predicted molar refractivity (Wildman–Crippen MR) is 121 cm³/mol. The lowest BCUT2D eigenvalue weighted by Gasteiger charge is -2.33. The van der Waals surface area contributed by atoms with E-state index in [4.69, 9.17) is 10.5 Å². The Labute approximate surface area is 187 Å². The van der Waals surface area contributed by atoms with Crippen LogP contribution >= 0.6 is 0 Å². The zero-order chi connectivity index (χ0) is 23.3. The van der Waals surface area contributed by atoms with Crippen molar-refractivity contribution in [3.05, 3.63) is 24.2 Å². The van der Waals surface area contributed by atoms with E-state index in [1.807, 2.05) is 27.8 Å². The van der Waals surface area contributed by atoms with Crippen molar-refractivity contribution >= 4 is 29.5 Å². The first kappa shape index (κ1) is 23.3. The number of nitrogens with zero attached hydrogens (tertiary/aromatic N) is 5. The Morgan fingerprint density at radius 2 is 1.97 bits per heavy atom. The molecule has 0 saturated carbocycles. The van der Waals surface area contributed by atoms with Crippen LogP contribution in [0.2, 0.25) is 0 Å². The maximum absolute atomic E-state index is 12.2. The summed E-state index contributed by atoms with van der Waals surface area (Å²) in [6.45, 7) is 7.59. The van der Waals surface area contributed by atoms with E-state index in [1.54, 1.807) is 22.0 Å². The van der Waals surface area contributed by atoms with Gasteiger partial charge < -0.3 is 26.0 Å². The lowest BCUT2D eigenvalue weighted by atomic mass is 9.94. The monoisotopic (exact) mass is 444 g/mol. The number of aromatic nitrogens is 4. The van der Waals surface area contributed by atoms with E-state index in [-0.39, 0.29) is 11.7 Å². The minimum Gasteiger partial charge on any atom is -0.444 e. The second-order valence-electron chi connectivity index (χ2n) is 8.97. The van der Waals surface area contributed by atoms with Crippen LogP contribution in [-0.4, -0.2) is 61.9 Å². The van der Waals surface area contributed by atoms with Gasteiger partial charge in [-0.15, -0.1) is 0 Å². The molecule has 174 valence electrons. The average Bonchev–Trinajstić information content (AvgIpc) is 3.11. The topological polar surface area (TPSA) is 140 Å². The lowest BCUT2D eigenvalue weighted by Crippen LogP contribution is -2.41. The number of anilines is 3. The van der Waals surface area contributed by atoms with Crippen molar-refractivity contribution in [3.8, 4) is 0 Å². The van der Waals surface area contributed by atoms with Gasteiger partial charge in [0.25, 0.3) is 5.91 Å². The average molecular weight is 445 g/mol. The summed E-state index contributed by atoms with van der Waals surface area (Å²) in [4.78, 5) is 34.3. The molecular weight excluding hydrogens is 412 g/mol. The highest BCUT2D eigenvalue weighted by Gasteiger charge is 2.26. The molecule has 1 aliphatic rings. The number of aryl methyl sites for hydroxylation is 1. The first-order chi connectivity index (χ1) is 15.1. The van der Waals surface area contributed by atoms with E-state index < -0.39 is 11.5 Å². The molecule has 1 aliphatic heterocycles. The number of hydrogen-bond donors (Lipinski definition) is 3. The third-order valence-corrected chi connectivity index (χ3v) is 5.13. The van der Waals surface area contributed by atoms with Crippen molar-refractivity contribution in [2.24, 2.45) is 18.7 Å². The Kier molecular flexibility index (Phi) is 7.16. The number of nitrogens with one attached hydrogen (secondary N) is 2. The molecule has 0 bridgehead atoms. The van der Waals surface area contributed by atoms with Gasteiger partial charge in [0.15, 0.2) is 0 Å². The van der Waals surface area contributed by atoms with Gasteiger partial charge in [-0.2, -0.15) is 10.1 Å². The summed E-state index contributed by atoms with van der Waals surface area (Å²) < 4.78 is 7.11. The highest BCUT2D eigenvalue weighted by atomic mass is 16.6. The molecule has 32 heavy (non-hydrogen) atoms. The molecule has 3 heterocycles. The van der Waals surface area contributed by atoms with Crippen LogP contribution in [0.15, 0.2) is 18.6 Å². The van der Waals surface area contributed by atoms with Gasteiger partial charge in [-0.1, -0.05) is 0 Å². The van der Waals surface area contributed by atoms with Crippen molar-refractivity contribution in [1.29, 1.82) is 0 Å². The highest BCUT2D eigenvalue weighted by molar-refractivity contribution is 5.97. The molecule has 3 rings (SSSR count). The standard InChI is InChI=1S/C21H32N8O3/c1-21(2,3)32-20(31)29-9-6-14(7-10-29)5-8-23-18-16(17(22)30)12-24-19(27-18)26-15-11-25-28(4)13-15/h11-14H,5-10H2,1-4H3,(H2,22,30)(H2,23,24,26,27). The second-order valence-corrected chi connectivity index (χ2v) is 8.97. The molecule has 1 fully saturated rings. The van der Waals surface area contributed by atoms with E-state index in [9.17, 15) is 9.59 Å². The Bertz CT molecular complexity index is 945. The fourth-order valence-corrected chi connectivity index (χ4v) is 3.50. The Morgan fingerprint density at radius 1 is 1.25 bits per heavy atom. The molecule has 0 atom stereocenters. The quantitative estimate of drug-likeness (QED) is 0.592. The van der Waals surface area contributed by atoms with Gasteiger partial charge in [0.1, 0.15) is 11.4 Å². The zero-order valence-electron chi connectivity index (χ0n) is 19.1. The number of nitrogens with two attached hydrogens (primary N) is 1. The van der Waals surface area contributed by atoms with Gasteiger partial charge >= 0.3 is 6.09 Å². The van der Waals surface area contributed by atoms with Crippen molar-refractivity contribution in [3.63, 3.8) is 0 Å². The van der Waals surface area contributed by atoms with Crippen LogP contribution in [0.1, 0.15) is 50.4 Å². The molecule has 0 radical (unpaired) electrons. The SMILES string of the molecule is Cn1cc(Nc2ncc(C(N)=O)c(NCCC3CCN(C(=O)OC(C)(C)C)CC3)n2)cn1. The van der Waals surface area contributed by atoms with E-state index in [2.05, 4.69) is 25.7 Å². The summed E-state index contributed by atoms with van der Waals surface area (Å²) in [6, 6.07) is 0. The highest BCUT2D eigenvalue weighted by Crippen LogP contribution is 2.23. The summed E-state index contributed by atoms with van der Waals surface area (Å²) in [6.07, 6.45) is 7.30. The number of likely N-dealkylation sites (tertiary alicyclic amines) is 1. The molecule has 0 spiro atoms. The first-order valence-corrected chi connectivity index (χ1v) is 10.7. The minimum absolute atomic E-state index is 0.237. The third kappa shape index (κ3) is 6.56. The summed E-state index contributed by atoms with van der Waals surface area (Å²) in [5.74, 6) is 0.611. The molecule has 2 aromatic rings. The van der Waals surface area contributed by atoms with Gasteiger partial charge in [-0.25, -0.2) is 9.78 Å². The number of ether oxygens (including phenoxy) is 1. The van der Waals surface area contributed by atoms with Crippen LogP contribution in [0.5, 0.6) is 0 Å². The molecule has 0 unspecified atom stereocenters. The van der Waals surface area contributed by atoms with Crippen LogP contribution in [-0.2, 0) is 11.8 Å². The Balaban J connectivity index is 1.52. The number of amides is 2. The number of hydrogen-bond acceptors (Lipinski definition) is 8. The van der Waals surface area contributed by atoms with E-state index in [0.717, 1.165) is 24.9 Å². The van der Waals surface area contributed by atoms with Crippen molar-refractivity contribution in [2.45, 2.75) is 45.6 Å². The summed E-state index contributed by atoms with van der Waals surface area (Å²) in [7, 11) is 1.81. The Morgan fingerprint density at radius 3 is 2.56 bits per heavy atom. The fourth-order valence-electron chi connectivity index (χ4n) is 3.50. The smallest absolute Gasteiger partial charge is 0.410 e. The van der Waals surface area contributed by atoms with Crippen LogP contribution in [0, 0.1) is 5.92 Å². The van der Waals surface area contributed by atoms with Gasteiger partial charge in [0.2, 0.25) is 5.95 Å². The van der Waals surface area contributed by atoms with Crippen LogP contribution in [0.4, 0.5) is 22.2 Å². The lowest BCUT2D eigenvalue weighted by molar-refractivity contribution is 0.0182. The summed E-state index contributed by atoms with van der Waals surface area (Å²) in [5, 5.41) is 10.4. The van der Waals surface area contributed by atoms with E-state index >= 15 is 0 Å². The Hall–Kier alpha value is -3.37. The van der Waals surface area contributed by atoms with Crippen molar-refractivity contribution in [2.75, 3.05) is 30.3 Å². The predicted octanol–water partition coefficient (Wildman–Crippen LogP) is 2.50. The number of primary amides is 1. The van der Waals surface area contributed by atoms with Crippen molar-refractivity contribution in [1.82, 2.24) is 24.6 Å². The minimum atomic E-state index is -0.592. The molecular formula is C21H32N8O3. The van der Waals surface area contributed by atoms with Gasteiger partial charge in [-0.3, -0.25) is 9.48 Å². The number of piperidine rings is 1. The van der Waals surface area contributed by atoms with Gasteiger partial charge in [-0.05, 0) is 46.0 Å². The summed E-state index contributed by atoms with van der Waals surface area (Å²) >= 11 is 0. The maximum Gasteiger partial charge on any atom is 0.410 e. The molecule has 2 aromatic heterocycles. The van der Waals surface area contributed by atoms with Crippen molar-refractivity contribution < 1.29 is 14.3 Å². The fraction of sp³-hybridized carbons (Fsp3) is 0.571. The number of carbonyl (C=O) groups excluding carboxylic acids is 2. The summed E-state index contributed by atoms with van der Waals surface area (Å²) in [5.41, 5.74) is 5.97. The molecule has 1 saturated heterocycles. The molecule has 11 heteroatoms. The van der Waals surface area contributed by atoms with E-state index in [1.165, 1.54) is 6.20 Å². The molecule has 2 amide bonds. The normalized spacial score (nSPS) is 14.8. The van der Waals surface area contributed by atoms with Gasteiger partial charge in [0.05, 0.1) is 17.4 Å². The van der Waals surface area contributed by atoms with E-state index in [0.29, 0.717) is 37.3 Å². The molecule has 11 nitrogen and oxygen atoms in total. The van der Waals surface area contributed by atoms with Gasteiger partial charge in [0, 0.05) is 39.1 Å². The zero-order valence-corrected chi connectivity index (χ0v) is 19.1. The van der Waals surface area contributed by atoms with Crippen LogP contribution in [0.3, 0.4) is 0 Å². The third-order valence-electron chi connectivity index (χ3n) is 5.13. The van der Waals surface area contributed by atoms with Crippen LogP contribution in [0.25, 0.3) is 0 Å². The second kappa shape index (κ2) is 9.84. The molecule has 0 aliphatic carbocycles. The number of rotatable bonds is 7. The molecule has 0 aromatic carbocycles. The largest absolute Gasteiger partial charge is 0.444 e. The maximum atomic E-state index is 12.2. The number of carbonyl (C=O) groups is 2. The van der Waals surface area contributed by atoms with Crippen LogP contribution < -0.4 is 16.4 Å².